The number of fused-ring (bicyclic) bond motifs is 1. The van der Waals surface area contributed by atoms with E-state index in [-0.39, 0.29) is 147 Å². The topological polar surface area (TPSA) is 376 Å². The van der Waals surface area contributed by atoms with Crippen LogP contribution < -0.4 is 37.6 Å². The molecule has 1 aliphatic heterocycles. The third-order valence-corrected chi connectivity index (χ3v) is 15.3. The molecule has 0 unspecified atom stereocenters. The molecule has 4 heterocycles. The van der Waals surface area contributed by atoms with Gasteiger partial charge in [0.05, 0.1) is 45.2 Å². The van der Waals surface area contributed by atoms with Crippen LogP contribution in [0.5, 0.6) is 0 Å². The van der Waals surface area contributed by atoms with Crippen LogP contribution in [0, 0.1) is 12.8 Å². The Bertz CT molecular complexity index is 2940. The monoisotopic (exact) mass is 1320 g/mol. The molecule has 1 saturated heterocycles. The van der Waals surface area contributed by atoms with E-state index in [9.17, 15) is 48.3 Å². The molecule has 1 aliphatic rings. The van der Waals surface area contributed by atoms with Crippen molar-refractivity contribution >= 4 is 97.3 Å². The molecule has 28 heteroatoms. The summed E-state index contributed by atoms with van der Waals surface area (Å²) >= 11 is 3.34. The molecule has 0 spiro atoms. The lowest BCUT2D eigenvalue weighted by Crippen LogP contribution is -2.44. The number of anilines is 3. The van der Waals surface area contributed by atoms with Crippen LogP contribution in [0.15, 0.2) is 59.5 Å². The number of hydrogen-bond acceptors (Lipinski definition) is 17. The van der Waals surface area contributed by atoms with Crippen LogP contribution in [0.2, 0.25) is 0 Å². The minimum atomic E-state index is -1.20. The van der Waals surface area contributed by atoms with E-state index in [0.29, 0.717) is 39.0 Å². The number of hydrogen-bond donors (Lipinski definition) is 9. The Balaban J connectivity index is 0.865. The molecule has 0 radical (unpaired) electrons. The van der Waals surface area contributed by atoms with Gasteiger partial charge < -0.3 is 71.7 Å². The number of nitrogens with zero attached hydrogens (tertiary/aromatic N) is 5. The van der Waals surface area contributed by atoms with Crippen molar-refractivity contribution < 1.29 is 72.3 Å². The third kappa shape index (κ3) is 28.4. The Morgan fingerprint density at radius 2 is 1.24 bits per heavy atom. The number of benzene rings is 1. The summed E-state index contributed by atoms with van der Waals surface area (Å²) in [6.07, 6.45) is 18.7. The number of aliphatic carboxylic acids is 2. The molecule has 1 fully saturated rings. The van der Waals surface area contributed by atoms with Crippen LogP contribution in [0.25, 0.3) is 10.9 Å². The molecule has 3 aromatic heterocycles. The Hall–Kier alpha value is -7.66. The Morgan fingerprint density at radius 3 is 1.84 bits per heavy atom. The van der Waals surface area contributed by atoms with Crippen LogP contribution >= 0.6 is 15.9 Å². The summed E-state index contributed by atoms with van der Waals surface area (Å²) in [5, 5.41) is 39.9. The molecule has 0 aliphatic carbocycles. The first-order valence-corrected chi connectivity index (χ1v) is 31.8. The zero-order valence-corrected chi connectivity index (χ0v) is 53.0. The van der Waals surface area contributed by atoms with Crippen LogP contribution in [0.3, 0.4) is 0 Å². The average molecular weight is 1320 g/mol. The quantitative estimate of drug-likeness (QED) is 0.0189. The lowest BCUT2D eigenvalue weighted by Gasteiger charge is -2.24. The normalized spacial score (nSPS) is 14.0. The number of carboxylic acids is 2. The average Bonchev–Trinajstić information content (AvgIpc) is 1.70. The zero-order chi connectivity index (χ0) is 64.9. The Kier molecular flexibility index (Phi) is 33.8. The highest BCUT2D eigenvalue weighted by Gasteiger charge is 2.40. The highest BCUT2D eigenvalue weighted by Crippen LogP contribution is 2.29. The van der Waals surface area contributed by atoms with Crippen molar-refractivity contribution in [2.75, 3.05) is 89.7 Å². The van der Waals surface area contributed by atoms with Crippen LogP contribution in [0.1, 0.15) is 138 Å². The van der Waals surface area contributed by atoms with Gasteiger partial charge in [-0.25, -0.2) is 9.78 Å². The summed E-state index contributed by atoms with van der Waals surface area (Å²) in [5.74, 6) is -5.14. The molecule has 494 valence electrons. The SMILES string of the molecule is Cc1ccc(Br)nc1NC(=O)[C@@H]1C[C@H](CNC(=O)COCCOCCNC(=O)COCCOCCNC(=O)CC[C@H](NC(=O)CCCCCCCCCCCCCCCCC(=O)O)C(=O)O)CN1C(=O)Cn1nc(C(N)=O)c2cc(Nc3ccncc3)ccc21. The summed E-state index contributed by atoms with van der Waals surface area (Å²) in [7, 11) is 0. The van der Waals surface area contributed by atoms with Gasteiger partial charge in [0.15, 0.2) is 5.69 Å². The number of nitrogens with two attached hydrogens (primary N) is 1. The largest absolute Gasteiger partial charge is 0.481 e. The molecule has 4 aromatic rings. The number of ether oxygens (including phenoxy) is 4. The van der Waals surface area contributed by atoms with Crippen molar-refractivity contribution in [1.82, 2.24) is 45.9 Å². The summed E-state index contributed by atoms with van der Waals surface area (Å²) < 4.78 is 23.7. The number of amides is 7. The van der Waals surface area contributed by atoms with Gasteiger partial charge in [0.25, 0.3) is 5.91 Å². The minimum absolute atomic E-state index is 0.0287. The number of carboxylic acid groups (broad SMARTS) is 2. The van der Waals surface area contributed by atoms with E-state index in [2.05, 4.69) is 62.9 Å². The van der Waals surface area contributed by atoms with Crippen molar-refractivity contribution in [2.24, 2.45) is 11.7 Å². The van der Waals surface area contributed by atoms with Gasteiger partial charge in [0, 0.05) is 74.6 Å². The molecule has 90 heavy (non-hydrogen) atoms. The summed E-state index contributed by atoms with van der Waals surface area (Å²) in [4.78, 5) is 123. The molecule has 3 atom stereocenters. The number of rotatable bonds is 47. The van der Waals surface area contributed by atoms with Crippen LogP contribution in [-0.4, -0.2) is 179 Å². The number of aromatic nitrogens is 4. The first-order chi connectivity index (χ1) is 43.5. The molecule has 27 nitrogen and oxygen atoms in total. The maximum Gasteiger partial charge on any atom is 0.326 e. The highest BCUT2D eigenvalue weighted by molar-refractivity contribution is 9.10. The number of pyridine rings is 2. The number of likely N-dealkylation sites (tertiary alicyclic amines) is 1. The zero-order valence-electron chi connectivity index (χ0n) is 51.4. The van der Waals surface area contributed by atoms with Gasteiger partial charge in [-0.2, -0.15) is 5.10 Å². The molecule has 7 amide bonds. The van der Waals surface area contributed by atoms with Crippen molar-refractivity contribution in [3.8, 4) is 0 Å². The summed E-state index contributed by atoms with van der Waals surface area (Å²) in [6.45, 7) is 2.46. The van der Waals surface area contributed by atoms with Crippen molar-refractivity contribution in [2.45, 2.75) is 148 Å². The number of halogens is 1. The molecular weight excluding hydrogens is 1230 g/mol. The van der Waals surface area contributed by atoms with Gasteiger partial charge in [-0.05, 0) is 96.4 Å². The summed E-state index contributed by atoms with van der Waals surface area (Å²) in [5.41, 5.74) is 8.30. The van der Waals surface area contributed by atoms with E-state index in [1.165, 1.54) is 41.7 Å². The predicted octanol–water partition coefficient (Wildman–Crippen LogP) is 5.69. The van der Waals surface area contributed by atoms with E-state index < -0.39 is 47.7 Å². The van der Waals surface area contributed by atoms with Crippen molar-refractivity contribution in [3.63, 3.8) is 0 Å². The maximum absolute atomic E-state index is 14.2. The second-order valence-electron chi connectivity index (χ2n) is 22.1. The molecular formula is C62H89BrN12O15. The maximum atomic E-state index is 14.2. The van der Waals surface area contributed by atoms with Gasteiger partial charge in [-0.15, -0.1) is 0 Å². The van der Waals surface area contributed by atoms with E-state index in [4.69, 9.17) is 29.8 Å². The molecule has 1 aromatic carbocycles. The number of carbonyl (C=O) groups excluding carboxylic acids is 7. The lowest BCUT2D eigenvalue weighted by atomic mass is 10.0. The van der Waals surface area contributed by atoms with E-state index in [1.807, 2.05) is 0 Å². The minimum Gasteiger partial charge on any atom is -0.481 e. The summed E-state index contributed by atoms with van der Waals surface area (Å²) in [6, 6.07) is 10.2. The number of aryl methyl sites for hydroxylation is 1. The Morgan fingerprint density at radius 1 is 0.667 bits per heavy atom. The van der Waals surface area contributed by atoms with Gasteiger partial charge >= 0.3 is 11.9 Å². The van der Waals surface area contributed by atoms with E-state index in [1.54, 1.807) is 61.8 Å². The van der Waals surface area contributed by atoms with Gasteiger partial charge in [0.1, 0.15) is 42.3 Å². The highest BCUT2D eigenvalue weighted by atomic mass is 79.9. The second-order valence-corrected chi connectivity index (χ2v) is 22.9. The second kappa shape index (κ2) is 41.6. The van der Waals surface area contributed by atoms with Gasteiger partial charge in [-0.3, -0.25) is 48.0 Å². The van der Waals surface area contributed by atoms with E-state index in [0.717, 1.165) is 57.1 Å². The number of unbranched alkanes of at least 4 members (excludes halogenated alkanes) is 13. The molecule has 5 rings (SSSR count). The predicted molar refractivity (Wildman–Crippen MR) is 337 cm³/mol. The van der Waals surface area contributed by atoms with E-state index >= 15 is 0 Å². The van der Waals surface area contributed by atoms with Crippen LogP contribution in [0.4, 0.5) is 17.2 Å². The number of nitrogens with one attached hydrogen (secondary N) is 6. The van der Waals surface area contributed by atoms with Crippen LogP contribution in [-0.2, 0) is 63.8 Å². The number of primary amides is 1. The van der Waals surface area contributed by atoms with Crippen molar-refractivity contribution in [1.29, 1.82) is 0 Å². The molecule has 10 N–H and O–H groups in total. The van der Waals surface area contributed by atoms with Gasteiger partial charge in [0.2, 0.25) is 35.4 Å². The standard InChI is InChI=1S/C62H89BrN12O15/c1-43-18-22-51(63)71-60(43)72-61(84)50-36-44(39-74(50)56(80)40-75-49-21-19-46(69-45-24-26-65-27-25-45)37-47(49)58(73-75)59(64)83)38-68-55(79)42-90-35-33-88-31-29-67-54(78)41-89-34-32-87-30-28-66-52(76)23-20-48(62(85)86)70-53(77)16-14-12-10-8-6-4-2-3-5-7-9-11-13-15-17-57(81)82/h18-19,21-22,24-27,37,44,48,50H,2-17,20,23,28-36,38-42H2,1H3,(H2,64,83)(H,65,69)(H,66,76)(H,67,78)(H,68,79)(H,70,77)(H,81,82)(H,85,86)(H,71,72,84)/t44-,48+,50+/m1/s1. The smallest absolute Gasteiger partial charge is 0.326 e. The Labute approximate surface area is 532 Å². The fourth-order valence-corrected chi connectivity index (χ4v) is 10.3. The first-order valence-electron chi connectivity index (χ1n) is 31.0. The fourth-order valence-electron chi connectivity index (χ4n) is 10.0. The fraction of sp³-hybridized carbons (Fsp3) is 0.581. The van der Waals surface area contributed by atoms with Crippen molar-refractivity contribution in [3.05, 3.63) is 70.7 Å². The molecule has 0 bridgehead atoms. The van der Waals surface area contributed by atoms with Gasteiger partial charge in [-0.1, -0.05) is 83.1 Å². The number of carbonyl (C=O) groups is 9. The first kappa shape index (κ1) is 73.1. The lowest BCUT2D eigenvalue weighted by molar-refractivity contribution is -0.142. The third-order valence-electron chi connectivity index (χ3n) is 14.8. The molecule has 0 saturated carbocycles.